The summed E-state index contributed by atoms with van der Waals surface area (Å²) in [5, 5.41) is 0. The summed E-state index contributed by atoms with van der Waals surface area (Å²) < 4.78 is 1.84. The van der Waals surface area contributed by atoms with Crippen molar-refractivity contribution in [1.29, 1.82) is 0 Å². The van der Waals surface area contributed by atoms with E-state index < -0.39 is 0 Å². The molecule has 0 aliphatic rings. The topological polar surface area (TPSA) is 43.6 Å². The number of hydrogen-bond acceptors (Lipinski definition) is 3. The third-order valence-corrected chi connectivity index (χ3v) is 1.86. The molecule has 5 heteroatoms. The Morgan fingerprint density at radius 3 is 3.08 bits per heavy atom. The van der Waals surface area contributed by atoms with Crippen molar-refractivity contribution in [2.45, 2.75) is 5.88 Å². The van der Waals surface area contributed by atoms with E-state index in [4.69, 9.17) is 11.6 Å². The van der Waals surface area contributed by atoms with Crippen molar-refractivity contribution in [2.24, 2.45) is 7.05 Å². The van der Waals surface area contributed by atoms with Gasteiger partial charge in [0.05, 0.1) is 18.4 Å². The molecule has 0 atom stereocenters. The van der Waals surface area contributed by atoms with Gasteiger partial charge in [-0.2, -0.15) is 0 Å². The fourth-order valence-corrected chi connectivity index (χ4v) is 1.15. The maximum Gasteiger partial charge on any atom is 0.163 e. The first-order valence-corrected chi connectivity index (χ1v) is 4.03. The lowest BCUT2D eigenvalue weighted by Gasteiger charge is -1.94. The fourth-order valence-electron chi connectivity index (χ4n) is 1.02. The molecule has 0 N–H and O–H groups in total. The molecule has 0 amide bonds. The van der Waals surface area contributed by atoms with Crippen molar-refractivity contribution < 1.29 is 0 Å². The van der Waals surface area contributed by atoms with Gasteiger partial charge >= 0.3 is 0 Å². The van der Waals surface area contributed by atoms with Gasteiger partial charge in [0.15, 0.2) is 5.65 Å². The molecule has 0 aliphatic heterocycles. The van der Waals surface area contributed by atoms with E-state index >= 15 is 0 Å². The summed E-state index contributed by atoms with van der Waals surface area (Å²) >= 11 is 5.59. The molecule has 0 saturated heterocycles. The van der Waals surface area contributed by atoms with Crippen LogP contribution in [0.3, 0.4) is 0 Å². The Bertz CT molecular complexity index is 409. The standard InChI is InChI=1S/C7H7ClN4/c1-12-4-10-5-3-9-6(2-8)11-7(5)12/h3-4H,2H2,1H3. The van der Waals surface area contributed by atoms with Crippen molar-refractivity contribution in [3.63, 3.8) is 0 Å². The average molecular weight is 183 g/mol. The van der Waals surface area contributed by atoms with Gasteiger partial charge in [0.2, 0.25) is 0 Å². The molecule has 0 fully saturated rings. The van der Waals surface area contributed by atoms with Crippen LogP contribution in [0.2, 0.25) is 0 Å². The lowest BCUT2D eigenvalue weighted by Crippen LogP contribution is -1.94. The molecule has 0 spiro atoms. The van der Waals surface area contributed by atoms with Gasteiger partial charge in [0, 0.05) is 7.05 Å². The number of hydrogen-bond donors (Lipinski definition) is 0. The van der Waals surface area contributed by atoms with E-state index in [1.54, 1.807) is 12.5 Å². The van der Waals surface area contributed by atoms with E-state index in [1.165, 1.54) is 0 Å². The first-order chi connectivity index (χ1) is 5.81. The van der Waals surface area contributed by atoms with Crippen LogP contribution in [0.15, 0.2) is 12.5 Å². The van der Waals surface area contributed by atoms with E-state index in [-0.39, 0.29) is 0 Å². The Labute approximate surface area is 74.2 Å². The van der Waals surface area contributed by atoms with Gasteiger partial charge in [-0.15, -0.1) is 11.6 Å². The lowest BCUT2D eigenvalue weighted by molar-refractivity contribution is 0.917. The van der Waals surface area contributed by atoms with Gasteiger partial charge in [-0.1, -0.05) is 0 Å². The molecule has 0 bridgehead atoms. The monoisotopic (exact) mass is 182 g/mol. The molecule has 4 nitrogen and oxygen atoms in total. The van der Waals surface area contributed by atoms with Crippen LogP contribution in [0, 0.1) is 0 Å². The number of nitrogens with zero attached hydrogens (tertiary/aromatic N) is 4. The number of alkyl halides is 1. The summed E-state index contributed by atoms with van der Waals surface area (Å²) in [6.45, 7) is 0. The average Bonchev–Trinajstić information content (AvgIpc) is 2.47. The highest BCUT2D eigenvalue weighted by Gasteiger charge is 2.02. The van der Waals surface area contributed by atoms with E-state index in [0.717, 1.165) is 11.2 Å². The molecule has 0 radical (unpaired) electrons. The van der Waals surface area contributed by atoms with Crippen LogP contribution < -0.4 is 0 Å². The zero-order chi connectivity index (χ0) is 8.55. The van der Waals surface area contributed by atoms with E-state index in [2.05, 4.69) is 15.0 Å². The summed E-state index contributed by atoms with van der Waals surface area (Å²) in [4.78, 5) is 12.3. The number of fused-ring (bicyclic) bond motifs is 1. The Morgan fingerprint density at radius 2 is 2.33 bits per heavy atom. The van der Waals surface area contributed by atoms with Gasteiger partial charge in [-0.25, -0.2) is 15.0 Å². The highest BCUT2D eigenvalue weighted by molar-refractivity contribution is 6.16. The highest BCUT2D eigenvalue weighted by Crippen LogP contribution is 2.07. The van der Waals surface area contributed by atoms with Gasteiger partial charge in [0.25, 0.3) is 0 Å². The Hall–Kier alpha value is -1.16. The second-order valence-corrected chi connectivity index (χ2v) is 2.75. The Morgan fingerprint density at radius 1 is 1.50 bits per heavy atom. The van der Waals surface area contributed by atoms with Crippen molar-refractivity contribution in [3.05, 3.63) is 18.3 Å². The first kappa shape index (κ1) is 7.49. The zero-order valence-corrected chi connectivity index (χ0v) is 7.28. The van der Waals surface area contributed by atoms with Crippen molar-refractivity contribution in [3.8, 4) is 0 Å². The molecule has 0 saturated carbocycles. The molecule has 12 heavy (non-hydrogen) atoms. The minimum Gasteiger partial charge on any atom is -0.318 e. The van der Waals surface area contributed by atoms with Crippen molar-refractivity contribution in [1.82, 2.24) is 19.5 Å². The van der Waals surface area contributed by atoms with Gasteiger partial charge in [0.1, 0.15) is 11.3 Å². The molecule has 2 heterocycles. The molecular weight excluding hydrogens is 176 g/mol. The quantitative estimate of drug-likeness (QED) is 0.621. The molecule has 2 aromatic rings. The predicted molar refractivity (Wildman–Crippen MR) is 45.9 cm³/mol. The van der Waals surface area contributed by atoms with E-state index in [1.807, 2.05) is 11.6 Å². The number of halogens is 1. The van der Waals surface area contributed by atoms with Crippen LogP contribution >= 0.6 is 11.6 Å². The van der Waals surface area contributed by atoms with Gasteiger partial charge < -0.3 is 4.57 Å². The molecule has 2 rings (SSSR count). The van der Waals surface area contributed by atoms with Crippen LogP contribution in [0.4, 0.5) is 0 Å². The lowest BCUT2D eigenvalue weighted by atomic mass is 10.5. The molecule has 62 valence electrons. The number of rotatable bonds is 1. The van der Waals surface area contributed by atoms with Crippen molar-refractivity contribution >= 4 is 22.8 Å². The number of aromatic nitrogens is 4. The Kier molecular flexibility index (Phi) is 1.69. The van der Waals surface area contributed by atoms with E-state index in [0.29, 0.717) is 11.7 Å². The third kappa shape index (κ3) is 1.04. The van der Waals surface area contributed by atoms with Crippen LogP contribution in [0.5, 0.6) is 0 Å². The maximum atomic E-state index is 5.59. The number of imidazole rings is 1. The molecule has 2 aromatic heterocycles. The third-order valence-electron chi connectivity index (χ3n) is 1.62. The largest absolute Gasteiger partial charge is 0.318 e. The summed E-state index contributed by atoms with van der Waals surface area (Å²) in [6.07, 6.45) is 3.39. The Balaban J connectivity index is 2.71. The smallest absolute Gasteiger partial charge is 0.163 e. The minimum atomic E-state index is 0.334. The summed E-state index contributed by atoms with van der Waals surface area (Å²) in [7, 11) is 1.89. The van der Waals surface area contributed by atoms with Crippen molar-refractivity contribution in [2.75, 3.05) is 0 Å². The van der Waals surface area contributed by atoms with Crippen LogP contribution in [-0.2, 0) is 12.9 Å². The molecule has 0 aromatic carbocycles. The van der Waals surface area contributed by atoms with Crippen LogP contribution in [0.1, 0.15) is 5.82 Å². The SMILES string of the molecule is Cn1cnc2cnc(CCl)nc21. The second kappa shape index (κ2) is 2.71. The minimum absolute atomic E-state index is 0.334. The fraction of sp³-hybridized carbons (Fsp3) is 0.286. The summed E-state index contributed by atoms with van der Waals surface area (Å²) in [5.74, 6) is 0.967. The predicted octanol–water partition coefficient (Wildman–Crippen LogP) is 1.10. The van der Waals surface area contributed by atoms with Gasteiger partial charge in [-0.05, 0) is 0 Å². The van der Waals surface area contributed by atoms with E-state index in [9.17, 15) is 0 Å². The van der Waals surface area contributed by atoms with Crippen LogP contribution in [0.25, 0.3) is 11.2 Å². The molecule has 0 unspecified atom stereocenters. The number of aryl methyl sites for hydroxylation is 1. The summed E-state index contributed by atoms with van der Waals surface area (Å²) in [5.41, 5.74) is 1.62. The van der Waals surface area contributed by atoms with Gasteiger partial charge in [-0.3, -0.25) is 0 Å². The maximum absolute atomic E-state index is 5.59. The zero-order valence-electron chi connectivity index (χ0n) is 6.53. The molecular formula is C7H7ClN4. The normalized spacial score (nSPS) is 10.8. The first-order valence-electron chi connectivity index (χ1n) is 3.50. The highest BCUT2D eigenvalue weighted by atomic mass is 35.5. The summed E-state index contributed by atoms with van der Waals surface area (Å²) in [6, 6.07) is 0. The van der Waals surface area contributed by atoms with Crippen LogP contribution in [-0.4, -0.2) is 19.5 Å². The molecule has 0 aliphatic carbocycles. The second-order valence-electron chi connectivity index (χ2n) is 2.48.